The molecule has 1 atom stereocenters. The molecule has 1 N–H and O–H groups in total. The van der Waals surface area contributed by atoms with Crippen molar-refractivity contribution in [3.05, 3.63) is 95.6 Å². The van der Waals surface area contributed by atoms with Gasteiger partial charge in [-0.05, 0) is 36.2 Å². The molecule has 1 fully saturated rings. The van der Waals surface area contributed by atoms with Gasteiger partial charge in [0.2, 0.25) is 0 Å². The molecule has 34 heavy (non-hydrogen) atoms. The van der Waals surface area contributed by atoms with Crippen molar-refractivity contribution in [1.82, 2.24) is 0 Å². The van der Waals surface area contributed by atoms with Crippen molar-refractivity contribution in [3.8, 4) is 5.75 Å². The molecule has 4 rings (SSSR count). The van der Waals surface area contributed by atoms with Crippen molar-refractivity contribution in [2.75, 3.05) is 30.5 Å². The Morgan fingerprint density at radius 3 is 2.32 bits per heavy atom. The van der Waals surface area contributed by atoms with Gasteiger partial charge in [-0.1, -0.05) is 55.5 Å². The number of ketones is 1. The standard InChI is InChI=1S/C28H28N2O4/c1-4-17-34-23-12-8-11-22(18-23)30-25(19-13-15-21(16-14-19)29(2)3)24(27(32)28(30)33)26(31)20-9-6-5-7-10-20/h5-16,18,25,31H,4,17H2,1-3H3/b26-24+. The smallest absolute Gasteiger partial charge is 0.300 e. The van der Waals surface area contributed by atoms with Gasteiger partial charge in [0.1, 0.15) is 11.5 Å². The fourth-order valence-corrected chi connectivity index (χ4v) is 4.06. The number of benzene rings is 3. The predicted octanol–water partition coefficient (Wildman–Crippen LogP) is 5.17. The Morgan fingerprint density at radius 2 is 1.68 bits per heavy atom. The summed E-state index contributed by atoms with van der Waals surface area (Å²) in [6.07, 6.45) is 0.851. The molecule has 0 aromatic heterocycles. The summed E-state index contributed by atoms with van der Waals surface area (Å²) in [6, 6.07) is 22.8. The van der Waals surface area contributed by atoms with Crippen LogP contribution in [0.15, 0.2) is 84.4 Å². The summed E-state index contributed by atoms with van der Waals surface area (Å²) >= 11 is 0. The van der Waals surface area contributed by atoms with E-state index in [1.807, 2.05) is 62.3 Å². The minimum atomic E-state index is -0.780. The van der Waals surface area contributed by atoms with Crippen LogP contribution in [0.1, 0.15) is 30.5 Å². The highest BCUT2D eigenvalue weighted by Gasteiger charge is 2.47. The lowest BCUT2D eigenvalue weighted by Gasteiger charge is -2.26. The minimum absolute atomic E-state index is 0.0636. The molecule has 3 aromatic carbocycles. The SMILES string of the molecule is CCCOc1cccc(N2C(=O)C(=O)/C(=C(/O)c3ccccc3)C2c2ccc(N(C)C)cc2)c1. The van der Waals surface area contributed by atoms with Crippen molar-refractivity contribution in [2.45, 2.75) is 19.4 Å². The number of Topliss-reactive ketones (excluding diaryl/α,β-unsaturated/α-hetero) is 1. The zero-order valence-corrected chi connectivity index (χ0v) is 19.6. The monoisotopic (exact) mass is 456 g/mol. The van der Waals surface area contributed by atoms with Gasteiger partial charge in [0, 0.05) is 37.1 Å². The number of rotatable bonds is 7. The molecule has 174 valence electrons. The van der Waals surface area contributed by atoms with Crippen LogP contribution in [-0.4, -0.2) is 37.5 Å². The molecule has 6 heteroatoms. The highest BCUT2D eigenvalue weighted by atomic mass is 16.5. The molecule has 1 saturated heterocycles. The van der Waals surface area contributed by atoms with Gasteiger partial charge in [-0.2, -0.15) is 0 Å². The van der Waals surface area contributed by atoms with Crippen molar-refractivity contribution in [3.63, 3.8) is 0 Å². The van der Waals surface area contributed by atoms with Gasteiger partial charge < -0.3 is 14.7 Å². The molecule has 1 amide bonds. The number of amides is 1. The topological polar surface area (TPSA) is 70.1 Å². The number of aliphatic hydroxyl groups excluding tert-OH is 1. The van der Waals surface area contributed by atoms with E-state index in [9.17, 15) is 14.7 Å². The van der Waals surface area contributed by atoms with Crippen LogP contribution in [-0.2, 0) is 9.59 Å². The number of ether oxygens (including phenoxy) is 1. The maximum Gasteiger partial charge on any atom is 0.300 e. The van der Waals surface area contributed by atoms with Crippen LogP contribution in [0.5, 0.6) is 5.75 Å². The summed E-state index contributed by atoms with van der Waals surface area (Å²) in [5.74, 6) is -0.984. The van der Waals surface area contributed by atoms with E-state index in [1.165, 1.54) is 4.90 Å². The molecule has 3 aromatic rings. The molecular formula is C28H28N2O4. The van der Waals surface area contributed by atoms with E-state index in [0.717, 1.165) is 17.7 Å². The van der Waals surface area contributed by atoms with Crippen LogP contribution in [0.3, 0.4) is 0 Å². The number of carbonyl (C=O) groups excluding carboxylic acids is 2. The van der Waals surface area contributed by atoms with Crippen molar-refractivity contribution < 1.29 is 19.4 Å². The van der Waals surface area contributed by atoms with Gasteiger partial charge in [-0.15, -0.1) is 0 Å². The zero-order chi connectivity index (χ0) is 24.2. The quantitative estimate of drug-likeness (QED) is 0.302. The van der Waals surface area contributed by atoms with Crippen molar-refractivity contribution in [1.29, 1.82) is 0 Å². The third kappa shape index (κ3) is 4.39. The van der Waals surface area contributed by atoms with E-state index in [4.69, 9.17) is 4.74 Å². The Kier molecular flexibility index (Phi) is 6.68. The first-order chi connectivity index (χ1) is 16.4. The number of carbonyl (C=O) groups is 2. The summed E-state index contributed by atoms with van der Waals surface area (Å²) in [4.78, 5) is 30.0. The van der Waals surface area contributed by atoms with E-state index in [0.29, 0.717) is 23.6 Å². The Bertz CT molecular complexity index is 1220. The lowest BCUT2D eigenvalue weighted by Crippen LogP contribution is -2.29. The molecule has 1 aliphatic heterocycles. The lowest BCUT2D eigenvalue weighted by molar-refractivity contribution is -0.132. The van der Waals surface area contributed by atoms with Gasteiger partial charge in [0.15, 0.2) is 0 Å². The minimum Gasteiger partial charge on any atom is -0.507 e. The van der Waals surface area contributed by atoms with Gasteiger partial charge in [-0.25, -0.2) is 0 Å². The lowest BCUT2D eigenvalue weighted by atomic mass is 9.95. The fourth-order valence-electron chi connectivity index (χ4n) is 4.06. The van der Waals surface area contributed by atoms with Crippen LogP contribution in [0.25, 0.3) is 5.76 Å². The summed E-state index contributed by atoms with van der Waals surface area (Å²) < 4.78 is 5.75. The Balaban J connectivity index is 1.88. The highest BCUT2D eigenvalue weighted by molar-refractivity contribution is 6.51. The van der Waals surface area contributed by atoms with Crippen LogP contribution in [0.2, 0.25) is 0 Å². The largest absolute Gasteiger partial charge is 0.507 e. The number of hydrogen-bond acceptors (Lipinski definition) is 5. The summed E-state index contributed by atoms with van der Waals surface area (Å²) in [6.45, 7) is 2.56. The van der Waals surface area contributed by atoms with E-state index in [-0.39, 0.29) is 11.3 Å². The Morgan fingerprint density at radius 1 is 0.971 bits per heavy atom. The molecule has 6 nitrogen and oxygen atoms in total. The van der Waals surface area contributed by atoms with Gasteiger partial charge in [0.25, 0.3) is 11.7 Å². The van der Waals surface area contributed by atoms with Crippen LogP contribution in [0.4, 0.5) is 11.4 Å². The first-order valence-electron chi connectivity index (χ1n) is 11.3. The number of nitrogens with zero attached hydrogens (tertiary/aromatic N) is 2. The summed E-state index contributed by atoms with van der Waals surface area (Å²) in [5.41, 5.74) is 2.79. The fraction of sp³-hybridized carbons (Fsp3) is 0.214. The average Bonchev–Trinajstić information content (AvgIpc) is 3.13. The van der Waals surface area contributed by atoms with Gasteiger partial charge >= 0.3 is 0 Å². The van der Waals surface area contributed by atoms with Gasteiger partial charge in [0.05, 0.1) is 18.2 Å². The molecule has 0 aliphatic carbocycles. The molecule has 1 aliphatic rings. The number of aliphatic hydroxyl groups is 1. The Labute approximate surface area is 199 Å². The molecule has 0 bridgehead atoms. The summed E-state index contributed by atoms with van der Waals surface area (Å²) in [5, 5.41) is 11.2. The van der Waals surface area contributed by atoms with E-state index >= 15 is 0 Å². The van der Waals surface area contributed by atoms with E-state index in [1.54, 1.807) is 42.5 Å². The van der Waals surface area contributed by atoms with Crippen LogP contribution in [0, 0.1) is 0 Å². The predicted molar refractivity (Wildman–Crippen MR) is 134 cm³/mol. The zero-order valence-electron chi connectivity index (χ0n) is 19.6. The van der Waals surface area contributed by atoms with Gasteiger partial charge in [-0.3, -0.25) is 14.5 Å². The van der Waals surface area contributed by atoms with Crippen molar-refractivity contribution >= 4 is 28.8 Å². The van der Waals surface area contributed by atoms with E-state index in [2.05, 4.69) is 0 Å². The average molecular weight is 457 g/mol. The molecular weight excluding hydrogens is 428 g/mol. The molecule has 0 saturated carbocycles. The maximum atomic E-state index is 13.3. The maximum absolute atomic E-state index is 13.3. The van der Waals surface area contributed by atoms with Crippen molar-refractivity contribution in [2.24, 2.45) is 0 Å². The van der Waals surface area contributed by atoms with Crippen LogP contribution < -0.4 is 14.5 Å². The first kappa shape index (κ1) is 23.1. The first-order valence-corrected chi connectivity index (χ1v) is 11.3. The second-order valence-corrected chi connectivity index (χ2v) is 8.37. The molecule has 0 spiro atoms. The van der Waals surface area contributed by atoms with Crippen LogP contribution >= 0.6 is 0 Å². The highest BCUT2D eigenvalue weighted by Crippen LogP contribution is 2.43. The number of anilines is 2. The second kappa shape index (κ2) is 9.83. The summed E-state index contributed by atoms with van der Waals surface area (Å²) in [7, 11) is 3.89. The third-order valence-corrected chi connectivity index (χ3v) is 5.79. The molecule has 1 heterocycles. The van der Waals surface area contributed by atoms with E-state index < -0.39 is 17.7 Å². The number of hydrogen-bond donors (Lipinski definition) is 1. The normalized spacial score (nSPS) is 17.1. The molecule has 0 radical (unpaired) electrons. The third-order valence-electron chi connectivity index (χ3n) is 5.79. The second-order valence-electron chi connectivity index (χ2n) is 8.37. The Hall–Kier alpha value is -4.06. The molecule has 1 unspecified atom stereocenters.